The molecule has 0 bridgehead atoms. The van der Waals surface area contributed by atoms with Crippen molar-refractivity contribution in [3.8, 4) is 5.75 Å². The van der Waals surface area contributed by atoms with Gasteiger partial charge in [0.15, 0.2) is 5.82 Å². The van der Waals surface area contributed by atoms with E-state index in [9.17, 15) is 5.11 Å². The molecule has 0 unspecified atom stereocenters. The van der Waals surface area contributed by atoms with E-state index in [4.69, 9.17) is 0 Å². The number of anilines is 2. The largest absolute Gasteiger partial charge is 0.507 e. The van der Waals surface area contributed by atoms with Gasteiger partial charge in [-0.15, -0.1) is 0 Å². The fourth-order valence-corrected chi connectivity index (χ4v) is 2.66. The Hall–Kier alpha value is -2.93. The summed E-state index contributed by atoms with van der Waals surface area (Å²) < 4.78 is 0.863. The van der Waals surface area contributed by atoms with E-state index in [1.54, 1.807) is 24.3 Å². The summed E-state index contributed by atoms with van der Waals surface area (Å²) in [4.78, 5) is 8.78. The van der Waals surface area contributed by atoms with E-state index in [-0.39, 0.29) is 5.75 Å². The molecule has 1 heterocycles. The third kappa shape index (κ3) is 5.03. The van der Waals surface area contributed by atoms with Crippen LogP contribution in [0.1, 0.15) is 16.8 Å². The van der Waals surface area contributed by atoms with Crippen molar-refractivity contribution in [3.05, 3.63) is 75.9 Å². The van der Waals surface area contributed by atoms with Crippen LogP contribution in [0.2, 0.25) is 0 Å². The second kappa shape index (κ2) is 8.44. The highest BCUT2D eigenvalue weighted by Gasteiger charge is 2.02. The highest BCUT2D eigenvalue weighted by Crippen LogP contribution is 2.20. The highest BCUT2D eigenvalue weighted by atomic mass is 79.9. The van der Waals surface area contributed by atoms with Crippen molar-refractivity contribution in [3.63, 3.8) is 0 Å². The highest BCUT2D eigenvalue weighted by molar-refractivity contribution is 9.10. The molecule has 0 aliphatic heterocycles. The normalized spacial score (nSPS) is 10.8. The van der Waals surface area contributed by atoms with Gasteiger partial charge in [-0.1, -0.05) is 46.3 Å². The summed E-state index contributed by atoms with van der Waals surface area (Å²) in [6.07, 6.45) is 1.54. The summed E-state index contributed by atoms with van der Waals surface area (Å²) in [6.45, 7) is 2.53. The first-order valence-electron chi connectivity index (χ1n) is 8.01. The van der Waals surface area contributed by atoms with E-state index in [0.29, 0.717) is 23.9 Å². The minimum atomic E-state index is 0.155. The molecule has 0 amide bonds. The molecule has 7 heteroatoms. The second-order valence-corrected chi connectivity index (χ2v) is 6.55. The topological polar surface area (TPSA) is 82.4 Å². The first-order valence-corrected chi connectivity index (χ1v) is 8.80. The molecule has 0 aliphatic rings. The molecule has 3 rings (SSSR count). The standard InChI is InChI=1S/C19H18BrN5O/c1-13-9-18(25-22-12-15-10-16(20)7-8-17(15)26)24-19(23-13)21-11-14-5-3-2-4-6-14/h2-10,12,26H,11H2,1H3,(H2,21,23,24,25). The molecule has 0 spiro atoms. The van der Waals surface area contributed by atoms with Gasteiger partial charge in [-0.25, -0.2) is 4.98 Å². The van der Waals surface area contributed by atoms with Crippen molar-refractivity contribution in [1.29, 1.82) is 0 Å². The van der Waals surface area contributed by atoms with Crippen LogP contribution >= 0.6 is 15.9 Å². The lowest BCUT2D eigenvalue weighted by molar-refractivity contribution is 0.474. The summed E-state index contributed by atoms with van der Waals surface area (Å²) in [5, 5.41) is 17.2. The number of aryl methyl sites for hydroxylation is 1. The Morgan fingerprint density at radius 1 is 1.12 bits per heavy atom. The Labute approximate surface area is 160 Å². The van der Waals surface area contributed by atoms with E-state index < -0.39 is 0 Å². The number of hydrogen-bond acceptors (Lipinski definition) is 6. The van der Waals surface area contributed by atoms with Crippen LogP contribution in [0.3, 0.4) is 0 Å². The number of phenolic OH excluding ortho intramolecular Hbond substituents is 1. The number of nitrogens with zero attached hydrogens (tertiary/aromatic N) is 3. The maximum atomic E-state index is 9.82. The van der Waals surface area contributed by atoms with E-state index in [2.05, 4.69) is 41.7 Å². The van der Waals surface area contributed by atoms with Gasteiger partial charge in [-0.05, 0) is 30.7 Å². The number of phenols is 1. The van der Waals surface area contributed by atoms with Crippen molar-refractivity contribution in [1.82, 2.24) is 9.97 Å². The third-order valence-electron chi connectivity index (χ3n) is 3.52. The lowest BCUT2D eigenvalue weighted by atomic mass is 10.2. The van der Waals surface area contributed by atoms with Crippen molar-refractivity contribution in [2.24, 2.45) is 5.10 Å². The molecule has 0 atom stereocenters. The Balaban J connectivity index is 1.67. The maximum absolute atomic E-state index is 9.82. The summed E-state index contributed by atoms with van der Waals surface area (Å²) in [5.41, 5.74) is 5.43. The van der Waals surface area contributed by atoms with Crippen LogP contribution in [0, 0.1) is 6.92 Å². The summed E-state index contributed by atoms with van der Waals surface area (Å²) >= 11 is 3.37. The van der Waals surface area contributed by atoms with Crippen LogP contribution in [0.15, 0.2) is 64.2 Å². The maximum Gasteiger partial charge on any atom is 0.225 e. The lowest BCUT2D eigenvalue weighted by Crippen LogP contribution is -2.06. The predicted octanol–water partition coefficient (Wildman–Crippen LogP) is 4.31. The number of benzene rings is 2. The molecule has 3 aromatic rings. The minimum Gasteiger partial charge on any atom is -0.507 e. The van der Waals surface area contributed by atoms with E-state index in [1.165, 1.54) is 6.21 Å². The molecule has 6 nitrogen and oxygen atoms in total. The van der Waals surface area contributed by atoms with Gasteiger partial charge in [0, 0.05) is 28.3 Å². The molecule has 0 saturated heterocycles. The first kappa shape index (κ1) is 17.9. The van der Waals surface area contributed by atoms with Gasteiger partial charge in [0.05, 0.1) is 6.21 Å². The smallest absolute Gasteiger partial charge is 0.225 e. The fraction of sp³-hybridized carbons (Fsp3) is 0.105. The number of halogens is 1. The molecular formula is C19H18BrN5O. The van der Waals surface area contributed by atoms with Crippen molar-refractivity contribution in [2.75, 3.05) is 10.7 Å². The lowest BCUT2D eigenvalue weighted by Gasteiger charge is -2.08. The van der Waals surface area contributed by atoms with Crippen LogP contribution in [0.4, 0.5) is 11.8 Å². The van der Waals surface area contributed by atoms with Gasteiger partial charge in [0.2, 0.25) is 5.95 Å². The Morgan fingerprint density at radius 2 is 1.92 bits per heavy atom. The Kier molecular flexibility index (Phi) is 5.80. The van der Waals surface area contributed by atoms with Crippen molar-refractivity contribution in [2.45, 2.75) is 13.5 Å². The first-order chi connectivity index (χ1) is 12.6. The monoisotopic (exact) mass is 411 g/mol. The van der Waals surface area contributed by atoms with Gasteiger partial charge in [0.1, 0.15) is 5.75 Å². The predicted molar refractivity (Wildman–Crippen MR) is 108 cm³/mol. The average Bonchev–Trinajstić information content (AvgIpc) is 2.63. The van der Waals surface area contributed by atoms with Crippen LogP contribution in [0.5, 0.6) is 5.75 Å². The molecule has 132 valence electrons. The molecule has 0 saturated carbocycles. The van der Waals surface area contributed by atoms with Gasteiger partial charge in [-0.2, -0.15) is 10.1 Å². The second-order valence-electron chi connectivity index (χ2n) is 5.63. The quantitative estimate of drug-likeness (QED) is 0.415. The van der Waals surface area contributed by atoms with Gasteiger partial charge in [0.25, 0.3) is 0 Å². The zero-order valence-corrected chi connectivity index (χ0v) is 15.7. The molecule has 0 aliphatic carbocycles. The van der Waals surface area contributed by atoms with Gasteiger partial charge in [-0.3, -0.25) is 5.43 Å². The van der Waals surface area contributed by atoms with E-state index >= 15 is 0 Å². The number of hydrazone groups is 1. The number of hydrogen-bond donors (Lipinski definition) is 3. The van der Waals surface area contributed by atoms with Crippen LogP contribution < -0.4 is 10.7 Å². The zero-order valence-electron chi connectivity index (χ0n) is 14.1. The summed E-state index contributed by atoms with van der Waals surface area (Å²) in [7, 11) is 0. The Bertz CT molecular complexity index is 915. The van der Waals surface area contributed by atoms with Crippen molar-refractivity contribution < 1.29 is 5.11 Å². The van der Waals surface area contributed by atoms with Crippen LogP contribution in [-0.4, -0.2) is 21.3 Å². The average molecular weight is 412 g/mol. The number of rotatable bonds is 6. The number of aromatic nitrogens is 2. The molecule has 1 aromatic heterocycles. The third-order valence-corrected chi connectivity index (χ3v) is 4.01. The minimum absolute atomic E-state index is 0.155. The molecular weight excluding hydrogens is 394 g/mol. The number of aromatic hydroxyl groups is 1. The Morgan fingerprint density at radius 3 is 2.73 bits per heavy atom. The molecule has 0 radical (unpaired) electrons. The SMILES string of the molecule is Cc1cc(NN=Cc2cc(Br)ccc2O)nc(NCc2ccccc2)n1. The van der Waals surface area contributed by atoms with Gasteiger partial charge >= 0.3 is 0 Å². The van der Waals surface area contributed by atoms with Crippen LogP contribution in [0.25, 0.3) is 0 Å². The van der Waals surface area contributed by atoms with Gasteiger partial charge < -0.3 is 10.4 Å². The number of nitrogens with one attached hydrogen (secondary N) is 2. The van der Waals surface area contributed by atoms with Crippen LogP contribution in [-0.2, 0) is 6.54 Å². The van der Waals surface area contributed by atoms with E-state index in [0.717, 1.165) is 15.7 Å². The zero-order chi connectivity index (χ0) is 18.4. The molecule has 26 heavy (non-hydrogen) atoms. The van der Waals surface area contributed by atoms with Crippen molar-refractivity contribution >= 4 is 33.9 Å². The van der Waals surface area contributed by atoms with E-state index in [1.807, 2.05) is 37.3 Å². The molecule has 2 aromatic carbocycles. The summed E-state index contributed by atoms with van der Waals surface area (Å²) in [6, 6.07) is 17.0. The fourth-order valence-electron chi connectivity index (χ4n) is 2.28. The molecule has 0 fully saturated rings. The summed E-state index contributed by atoms with van der Waals surface area (Å²) in [5.74, 6) is 1.25. The molecule has 3 N–H and O–H groups in total.